The highest BCUT2D eigenvalue weighted by molar-refractivity contribution is 5.97. The number of hydrogen-bond acceptors (Lipinski definition) is 5. The molecule has 4 rings (SSSR count). The van der Waals surface area contributed by atoms with Crippen molar-refractivity contribution in [3.63, 3.8) is 0 Å². The molecule has 25 heavy (non-hydrogen) atoms. The van der Waals surface area contributed by atoms with Crippen molar-refractivity contribution in [2.45, 2.75) is 6.42 Å². The van der Waals surface area contributed by atoms with Gasteiger partial charge in [0.1, 0.15) is 0 Å². The quantitative estimate of drug-likeness (QED) is 0.773. The number of methoxy groups -OCH3 is 1. The van der Waals surface area contributed by atoms with Gasteiger partial charge in [0.2, 0.25) is 6.79 Å². The molecule has 2 aromatic carbocycles. The van der Waals surface area contributed by atoms with Gasteiger partial charge in [0.15, 0.2) is 28.6 Å². The Bertz CT molecular complexity index is 931. The first-order valence-corrected chi connectivity index (χ1v) is 7.98. The van der Waals surface area contributed by atoms with Gasteiger partial charge in [-0.15, -0.1) is 0 Å². The molecule has 128 valence electrons. The van der Waals surface area contributed by atoms with Crippen molar-refractivity contribution in [3.8, 4) is 17.2 Å². The van der Waals surface area contributed by atoms with Gasteiger partial charge in [-0.1, -0.05) is 18.2 Å². The van der Waals surface area contributed by atoms with E-state index in [9.17, 15) is 4.79 Å². The van der Waals surface area contributed by atoms with Gasteiger partial charge in [-0.25, -0.2) is 0 Å². The van der Waals surface area contributed by atoms with Crippen molar-refractivity contribution >= 4 is 16.9 Å². The number of rotatable bonds is 5. The summed E-state index contributed by atoms with van der Waals surface area (Å²) >= 11 is 0. The van der Waals surface area contributed by atoms with E-state index in [0.29, 0.717) is 24.3 Å². The molecule has 0 saturated heterocycles. The number of nitrogens with one attached hydrogen (secondary N) is 1. The lowest BCUT2D eigenvalue weighted by molar-refractivity contribution is 0.0928. The molecular formula is C19H17NO5. The third kappa shape index (κ3) is 2.98. The maximum absolute atomic E-state index is 12.3. The van der Waals surface area contributed by atoms with Crippen molar-refractivity contribution in [3.05, 3.63) is 53.8 Å². The molecule has 0 bridgehead atoms. The van der Waals surface area contributed by atoms with Gasteiger partial charge in [-0.05, 0) is 36.2 Å². The van der Waals surface area contributed by atoms with Crippen LogP contribution in [0.3, 0.4) is 0 Å². The molecule has 2 heterocycles. The van der Waals surface area contributed by atoms with Crippen LogP contribution in [0.5, 0.6) is 17.2 Å². The molecular weight excluding hydrogens is 322 g/mol. The van der Waals surface area contributed by atoms with Crippen LogP contribution in [0.4, 0.5) is 0 Å². The molecule has 1 amide bonds. The Morgan fingerprint density at radius 2 is 2.04 bits per heavy atom. The van der Waals surface area contributed by atoms with Crippen molar-refractivity contribution in [2.75, 3.05) is 20.4 Å². The van der Waals surface area contributed by atoms with Crippen LogP contribution in [-0.2, 0) is 6.42 Å². The third-order valence-corrected chi connectivity index (χ3v) is 4.09. The van der Waals surface area contributed by atoms with Gasteiger partial charge in [0, 0.05) is 11.9 Å². The zero-order valence-electron chi connectivity index (χ0n) is 13.7. The number of amides is 1. The number of hydrogen-bond donors (Lipinski definition) is 1. The summed E-state index contributed by atoms with van der Waals surface area (Å²) in [4.78, 5) is 12.3. The number of fused-ring (bicyclic) bond motifs is 2. The fraction of sp³-hybridized carbons (Fsp3) is 0.211. The van der Waals surface area contributed by atoms with E-state index in [-0.39, 0.29) is 18.5 Å². The van der Waals surface area contributed by atoms with E-state index in [1.807, 2.05) is 30.3 Å². The Morgan fingerprint density at radius 1 is 1.16 bits per heavy atom. The topological polar surface area (TPSA) is 69.9 Å². The van der Waals surface area contributed by atoms with E-state index < -0.39 is 0 Å². The first kappa shape index (κ1) is 15.4. The average molecular weight is 339 g/mol. The molecule has 1 aliphatic rings. The van der Waals surface area contributed by atoms with E-state index in [1.54, 1.807) is 19.2 Å². The lowest BCUT2D eigenvalue weighted by Gasteiger charge is -2.05. The SMILES string of the molecule is COc1cccc2cc(C(=O)NCCc3ccc4c(c3)OCO4)oc12. The monoisotopic (exact) mass is 339 g/mol. The molecule has 0 aliphatic carbocycles. The molecule has 1 N–H and O–H groups in total. The van der Waals surface area contributed by atoms with Crippen molar-refractivity contribution in [1.82, 2.24) is 5.32 Å². The summed E-state index contributed by atoms with van der Waals surface area (Å²) in [6.45, 7) is 0.748. The Kier molecular flexibility index (Phi) is 3.93. The molecule has 0 radical (unpaired) electrons. The fourth-order valence-electron chi connectivity index (χ4n) is 2.81. The molecule has 6 heteroatoms. The molecule has 0 unspecified atom stereocenters. The molecule has 6 nitrogen and oxygen atoms in total. The van der Waals surface area contributed by atoms with Gasteiger partial charge in [0.05, 0.1) is 7.11 Å². The first-order valence-electron chi connectivity index (χ1n) is 7.98. The highest BCUT2D eigenvalue weighted by Gasteiger charge is 2.15. The molecule has 0 saturated carbocycles. The number of furan rings is 1. The summed E-state index contributed by atoms with van der Waals surface area (Å²) in [5.74, 6) is 2.12. The fourth-order valence-corrected chi connectivity index (χ4v) is 2.81. The molecule has 0 spiro atoms. The Labute approximate surface area is 144 Å². The third-order valence-electron chi connectivity index (χ3n) is 4.09. The molecule has 1 aliphatic heterocycles. The minimum Gasteiger partial charge on any atom is -0.493 e. The van der Waals surface area contributed by atoms with Gasteiger partial charge >= 0.3 is 0 Å². The van der Waals surface area contributed by atoms with Crippen LogP contribution in [0, 0.1) is 0 Å². The number of para-hydroxylation sites is 1. The predicted molar refractivity (Wildman–Crippen MR) is 91.4 cm³/mol. The summed E-state index contributed by atoms with van der Waals surface area (Å²) < 4.78 is 21.5. The smallest absolute Gasteiger partial charge is 0.287 e. The molecule has 0 atom stereocenters. The second kappa shape index (κ2) is 6.39. The zero-order valence-corrected chi connectivity index (χ0v) is 13.7. The molecule has 0 fully saturated rings. The van der Waals surface area contributed by atoms with Gasteiger partial charge in [0.25, 0.3) is 5.91 Å². The lowest BCUT2D eigenvalue weighted by atomic mass is 10.1. The summed E-state index contributed by atoms with van der Waals surface area (Å²) in [5, 5.41) is 3.70. The van der Waals surface area contributed by atoms with E-state index in [1.165, 1.54) is 0 Å². The summed E-state index contributed by atoms with van der Waals surface area (Å²) in [7, 11) is 1.57. The lowest BCUT2D eigenvalue weighted by Crippen LogP contribution is -2.25. The van der Waals surface area contributed by atoms with Crippen molar-refractivity contribution < 1.29 is 23.4 Å². The van der Waals surface area contributed by atoms with E-state index in [4.69, 9.17) is 18.6 Å². The highest BCUT2D eigenvalue weighted by atomic mass is 16.7. The summed E-state index contributed by atoms with van der Waals surface area (Å²) in [5.41, 5.74) is 1.64. The molecule has 1 aromatic heterocycles. The Balaban J connectivity index is 1.40. The van der Waals surface area contributed by atoms with Gasteiger partial charge in [-0.3, -0.25) is 4.79 Å². The Hall–Kier alpha value is -3.15. The van der Waals surface area contributed by atoms with Crippen LogP contribution < -0.4 is 19.5 Å². The first-order chi connectivity index (χ1) is 12.2. The van der Waals surface area contributed by atoms with Crippen LogP contribution in [0.25, 0.3) is 11.0 Å². The largest absolute Gasteiger partial charge is 0.493 e. The second-order valence-corrected chi connectivity index (χ2v) is 5.68. The summed E-state index contributed by atoms with van der Waals surface area (Å²) in [6, 6.07) is 13.0. The average Bonchev–Trinajstić information content (AvgIpc) is 3.27. The van der Waals surface area contributed by atoms with Crippen LogP contribution in [0.15, 0.2) is 46.9 Å². The van der Waals surface area contributed by atoms with Crippen molar-refractivity contribution in [2.24, 2.45) is 0 Å². The van der Waals surface area contributed by atoms with E-state index >= 15 is 0 Å². The predicted octanol–water partition coefficient (Wildman–Crippen LogP) is 3.14. The van der Waals surface area contributed by atoms with Crippen LogP contribution >= 0.6 is 0 Å². The van der Waals surface area contributed by atoms with Gasteiger partial charge in [-0.2, -0.15) is 0 Å². The number of benzene rings is 2. The number of carbonyl (C=O) groups excluding carboxylic acids is 1. The maximum Gasteiger partial charge on any atom is 0.287 e. The van der Waals surface area contributed by atoms with Gasteiger partial charge < -0.3 is 23.9 Å². The Morgan fingerprint density at radius 3 is 2.92 bits per heavy atom. The van der Waals surface area contributed by atoms with E-state index in [0.717, 1.165) is 22.4 Å². The van der Waals surface area contributed by atoms with Crippen LogP contribution in [-0.4, -0.2) is 26.4 Å². The maximum atomic E-state index is 12.3. The highest BCUT2D eigenvalue weighted by Crippen LogP contribution is 2.32. The standard InChI is InChI=1S/C19H17NO5/c1-22-15-4-2-3-13-10-17(25-18(13)15)19(21)20-8-7-12-5-6-14-16(9-12)24-11-23-14/h2-6,9-10H,7-8,11H2,1H3,(H,20,21). The minimum absolute atomic E-state index is 0.251. The molecule has 3 aromatic rings. The summed E-state index contributed by atoms with van der Waals surface area (Å²) in [6.07, 6.45) is 0.686. The van der Waals surface area contributed by atoms with E-state index in [2.05, 4.69) is 5.32 Å². The number of carbonyl (C=O) groups is 1. The normalized spacial score (nSPS) is 12.4. The zero-order chi connectivity index (χ0) is 17.2. The van der Waals surface area contributed by atoms with Crippen LogP contribution in [0.1, 0.15) is 16.1 Å². The second-order valence-electron chi connectivity index (χ2n) is 5.68. The minimum atomic E-state index is -0.251. The number of ether oxygens (including phenoxy) is 3. The van der Waals surface area contributed by atoms with Crippen molar-refractivity contribution in [1.29, 1.82) is 0 Å². The van der Waals surface area contributed by atoms with Crippen LogP contribution in [0.2, 0.25) is 0 Å².